The third kappa shape index (κ3) is 2.63. The highest BCUT2D eigenvalue weighted by Crippen LogP contribution is 2.11. The highest BCUT2D eigenvalue weighted by molar-refractivity contribution is 8.07. The number of rotatable bonds is 2. The smallest absolute Gasteiger partial charge is 0.00516 e. The van der Waals surface area contributed by atoms with E-state index < -0.39 is 0 Å². The van der Waals surface area contributed by atoms with E-state index in [0.717, 1.165) is 5.75 Å². The van der Waals surface area contributed by atoms with Crippen molar-refractivity contribution in [3.63, 3.8) is 0 Å². The number of hydrogen-bond acceptors (Lipinski definition) is 1. The first-order valence-electron chi connectivity index (χ1n) is 4.64. The summed E-state index contributed by atoms with van der Waals surface area (Å²) in [6.45, 7) is 6.46. The average Bonchev–Trinajstić information content (AvgIpc) is 2.18. The van der Waals surface area contributed by atoms with Gasteiger partial charge in [0.15, 0.2) is 0 Å². The van der Waals surface area contributed by atoms with Crippen LogP contribution in [0.2, 0.25) is 0 Å². The molecule has 1 heteroatoms. The van der Waals surface area contributed by atoms with Crippen LogP contribution in [0.4, 0.5) is 0 Å². The number of benzene rings is 1. The Balaban J connectivity index is 3.35. The summed E-state index contributed by atoms with van der Waals surface area (Å²) in [5, 5.41) is 2.71. The van der Waals surface area contributed by atoms with Gasteiger partial charge in [0.2, 0.25) is 0 Å². The molecule has 0 heterocycles. The largest absolute Gasteiger partial charge is 0.131 e. The Morgan fingerprint density at radius 2 is 2.08 bits per heavy atom. The summed E-state index contributed by atoms with van der Waals surface area (Å²) in [5.74, 6) is 1.14. The fourth-order valence-corrected chi connectivity index (χ4v) is 2.14. The topological polar surface area (TPSA) is 0 Å². The molecule has 1 aromatic carbocycles. The molecule has 0 N–H and O–H groups in total. The Hall–Kier alpha value is -0.690. The van der Waals surface area contributed by atoms with Gasteiger partial charge in [0.05, 0.1) is 0 Å². The lowest BCUT2D eigenvalue weighted by atomic mass is 10.2. The zero-order chi connectivity index (χ0) is 9.68. The molecular weight excluding hydrogens is 176 g/mol. The summed E-state index contributed by atoms with van der Waals surface area (Å²) < 4.78 is 0. The highest BCUT2D eigenvalue weighted by atomic mass is 32.2. The second-order valence-corrected chi connectivity index (χ2v) is 4.34. The molecule has 0 saturated heterocycles. The van der Waals surface area contributed by atoms with Crippen molar-refractivity contribution < 1.29 is 0 Å². The Morgan fingerprint density at radius 3 is 2.69 bits per heavy atom. The van der Waals surface area contributed by atoms with Crippen molar-refractivity contribution in [2.45, 2.75) is 20.8 Å². The van der Waals surface area contributed by atoms with Crippen LogP contribution in [0.1, 0.15) is 20.8 Å². The molecule has 0 unspecified atom stereocenters. The maximum Gasteiger partial charge on any atom is -0.00516 e. The Bertz CT molecular complexity index is 376. The third-order valence-electron chi connectivity index (χ3n) is 2.01. The van der Waals surface area contributed by atoms with Gasteiger partial charge >= 0.3 is 0 Å². The number of thioether (sulfide) groups is 1. The lowest BCUT2D eigenvalue weighted by molar-refractivity contribution is 1.48. The molecule has 0 atom stereocenters. The average molecular weight is 192 g/mol. The van der Waals surface area contributed by atoms with Crippen molar-refractivity contribution in [1.82, 2.24) is 0 Å². The summed E-state index contributed by atoms with van der Waals surface area (Å²) in [5.41, 5.74) is 0. The van der Waals surface area contributed by atoms with Crippen LogP contribution in [-0.4, -0.2) is 5.75 Å². The van der Waals surface area contributed by atoms with Crippen molar-refractivity contribution >= 4 is 22.7 Å². The van der Waals surface area contributed by atoms with Gasteiger partial charge < -0.3 is 0 Å². The van der Waals surface area contributed by atoms with Crippen molar-refractivity contribution in [2.24, 2.45) is 0 Å². The van der Waals surface area contributed by atoms with E-state index in [1.807, 2.05) is 11.8 Å². The first-order valence-corrected chi connectivity index (χ1v) is 5.63. The highest BCUT2D eigenvalue weighted by Gasteiger charge is 1.90. The van der Waals surface area contributed by atoms with Crippen LogP contribution in [-0.2, 0) is 0 Å². The van der Waals surface area contributed by atoms with Gasteiger partial charge in [-0.1, -0.05) is 37.3 Å². The Labute approximate surface area is 84.4 Å². The molecule has 0 nitrogen and oxygen atoms in total. The lowest BCUT2D eigenvalue weighted by Gasteiger charge is -1.98. The fraction of sp³-hybridized carbons (Fsp3) is 0.333. The van der Waals surface area contributed by atoms with Gasteiger partial charge in [-0.25, -0.2) is 0 Å². The monoisotopic (exact) mass is 192 g/mol. The van der Waals surface area contributed by atoms with Gasteiger partial charge in [-0.3, -0.25) is 0 Å². The minimum atomic E-state index is 1.14. The zero-order valence-electron chi connectivity index (χ0n) is 8.50. The molecule has 13 heavy (non-hydrogen) atoms. The Kier molecular flexibility index (Phi) is 4.10. The minimum absolute atomic E-state index is 1.14. The molecule has 1 aromatic rings. The van der Waals surface area contributed by atoms with E-state index >= 15 is 0 Å². The minimum Gasteiger partial charge on any atom is -0.131 e. The van der Waals surface area contributed by atoms with Crippen molar-refractivity contribution in [2.75, 3.05) is 5.75 Å². The van der Waals surface area contributed by atoms with E-state index in [1.54, 1.807) is 0 Å². The maximum atomic E-state index is 2.19. The lowest BCUT2D eigenvalue weighted by Crippen LogP contribution is -2.24. The molecular formula is C12H16S. The van der Waals surface area contributed by atoms with Gasteiger partial charge in [0.25, 0.3) is 0 Å². The van der Waals surface area contributed by atoms with E-state index in [4.69, 9.17) is 0 Å². The molecule has 0 aromatic heterocycles. The first-order chi connectivity index (χ1) is 6.29. The second-order valence-electron chi connectivity index (χ2n) is 2.87. The van der Waals surface area contributed by atoms with Crippen LogP contribution in [0.15, 0.2) is 24.3 Å². The second kappa shape index (κ2) is 5.13. The van der Waals surface area contributed by atoms with Crippen LogP contribution in [0.5, 0.6) is 0 Å². The summed E-state index contributed by atoms with van der Waals surface area (Å²) >= 11 is 1.91. The molecule has 0 aliphatic carbocycles. The molecule has 0 bridgehead atoms. The molecule has 1 rings (SSSR count). The van der Waals surface area contributed by atoms with E-state index in [1.165, 1.54) is 15.3 Å². The van der Waals surface area contributed by atoms with Crippen molar-refractivity contribution in [3.8, 4) is 0 Å². The Morgan fingerprint density at radius 1 is 1.38 bits per heavy atom. The standard InChI is InChI=1S/C12H16S/c1-4-11-8-6-7-9-12(11)10(3)13-5-2/h4,6-9H,5H2,1-3H3/b11-4-,12-10+. The molecule has 0 aliphatic rings. The summed E-state index contributed by atoms with van der Waals surface area (Å²) in [7, 11) is 0. The van der Waals surface area contributed by atoms with E-state index in [9.17, 15) is 0 Å². The van der Waals surface area contributed by atoms with E-state index in [2.05, 4.69) is 51.1 Å². The van der Waals surface area contributed by atoms with E-state index in [0.29, 0.717) is 0 Å². The normalized spacial score (nSPS) is 14.5. The van der Waals surface area contributed by atoms with Crippen molar-refractivity contribution in [3.05, 3.63) is 34.7 Å². The summed E-state index contributed by atoms with van der Waals surface area (Å²) in [4.78, 5) is 1.41. The molecule has 0 spiro atoms. The zero-order valence-corrected chi connectivity index (χ0v) is 9.32. The van der Waals surface area contributed by atoms with E-state index in [-0.39, 0.29) is 0 Å². The van der Waals surface area contributed by atoms with Gasteiger partial charge in [-0.15, -0.1) is 11.8 Å². The van der Waals surface area contributed by atoms with Gasteiger partial charge in [0, 0.05) is 0 Å². The quantitative estimate of drug-likeness (QED) is 0.693. The third-order valence-corrected chi connectivity index (χ3v) is 2.95. The fourth-order valence-electron chi connectivity index (χ4n) is 1.36. The summed E-state index contributed by atoms with van der Waals surface area (Å²) in [6, 6.07) is 8.53. The van der Waals surface area contributed by atoms with Gasteiger partial charge in [-0.2, -0.15) is 0 Å². The maximum absolute atomic E-state index is 2.19. The molecule has 0 amide bonds. The van der Waals surface area contributed by atoms with Crippen LogP contribution in [0.25, 0.3) is 11.0 Å². The summed E-state index contributed by atoms with van der Waals surface area (Å²) in [6.07, 6.45) is 2.16. The van der Waals surface area contributed by atoms with Gasteiger partial charge in [0.1, 0.15) is 0 Å². The predicted molar refractivity (Wildman–Crippen MR) is 63.0 cm³/mol. The first kappa shape index (κ1) is 10.4. The van der Waals surface area contributed by atoms with Crippen LogP contribution >= 0.6 is 11.8 Å². The molecule has 0 radical (unpaired) electrons. The van der Waals surface area contributed by atoms with Crippen LogP contribution < -0.4 is 10.4 Å². The number of hydrogen-bond donors (Lipinski definition) is 0. The van der Waals surface area contributed by atoms with Crippen molar-refractivity contribution in [1.29, 1.82) is 0 Å². The molecule has 0 saturated carbocycles. The van der Waals surface area contributed by atoms with Crippen LogP contribution in [0.3, 0.4) is 0 Å². The van der Waals surface area contributed by atoms with Gasteiger partial charge in [-0.05, 0) is 34.9 Å². The molecule has 0 aliphatic heterocycles. The molecule has 0 fully saturated rings. The molecule has 70 valence electrons. The predicted octanol–water partition coefficient (Wildman–Crippen LogP) is 2.37. The SMILES string of the molecule is C/C=c1/cccc/c1=C(/C)SCC. The van der Waals surface area contributed by atoms with Crippen LogP contribution in [0, 0.1) is 0 Å².